The summed E-state index contributed by atoms with van der Waals surface area (Å²) in [6.45, 7) is 2.71. The first-order valence-electron chi connectivity index (χ1n) is 10.2. The predicted octanol–water partition coefficient (Wildman–Crippen LogP) is 2.14. The van der Waals surface area contributed by atoms with Gasteiger partial charge in [-0.3, -0.25) is 14.7 Å². The SMILES string of the molecule is COc1ccccc1-n1cc(CN2CC(=O)N(Cc3cccnc3)CC(OC)C2)cn1. The highest BCUT2D eigenvalue weighted by molar-refractivity contribution is 5.78. The number of benzene rings is 1. The van der Waals surface area contributed by atoms with Crippen molar-refractivity contribution in [3.63, 3.8) is 0 Å². The van der Waals surface area contributed by atoms with E-state index in [1.54, 1.807) is 31.3 Å². The topological polar surface area (TPSA) is 72.7 Å². The van der Waals surface area contributed by atoms with E-state index in [9.17, 15) is 4.79 Å². The van der Waals surface area contributed by atoms with Gasteiger partial charge in [-0.2, -0.15) is 5.10 Å². The smallest absolute Gasteiger partial charge is 0.237 e. The van der Waals surface area contributed by atoms with E-state index in [0.717, 1.165) is 22.6 Å². The molecule has 1 amide bonds. The summed E-state index contributed by atoms with van der Waals surface area (Å²) in [5, 5.41) is 4.49. The van der Waals surface area contributed by atoms with Crippen molar-refractivity contribution >= 4 is 5.91 Å². The molecule has 8 heteroatoms. The van der Waals surface area contributed by atoms with Crippen LogP contribution >= 0.6 is 0 Å². The van der Waals surface area contributed by atoms with E-state index in [1.165, 1.54) is 0 Å². The summed E-state index contributed by atoms with van der Waals surface area (Å²) in [4.78, 5) is 21.1. The van der Waals surface area contributed by atoms with Crippen LogP contribution in [0.2, 0.25) is 0 Å². The molecule has 0 radical (unpaired) electrons. The number of ether oxygens (including phenoxy) is 2. The van der Waals surface area contributed by atoms with Crippen LogP contribution in [0.5, 0.6) is 5.75 Å². The second-order valence-corrected chi connectivity index (χ2v) is 7.63. The number of hydrogen-bond donors (Lipinski definition) is 0. The van der Waals surface area contributed by atoms with E-state index in [-0.39, 0.29) is 12.0 Å². The molecular formula is C23H27N5O3. The van der Waals surface area contributed by atoms with Gasteiger partial charge in [-0.1, -0.05) is 18.2 Å². The standard InChI is InChI=1S/C23H27N5O3/c1-30-20-15-26(17-23(29)27(16-20)13-18-6-5-9-24-10-18)12-19-11-25-28(14-19)21-7-3-4-8-22(21)31-2/h3-11,14,20H,12-13,15-17H2,1-2H3. The largest absolute Gasteiger partial charge is 0.494 e. The summed E-state index contributed by atoms with van der Waals surface area (Å²) in [5.41, 5.74) is 2.91. The Hall–Kier alpha value is -3.23. The molecule has 1 fully saturated rings. The number of hydrogen-bond acceptors (Lipinski definition) is 6. The first-order valence-corrected chi connectivity index (χ1v) is 10.2. The third-order valence-corrected chi connectivity index (χ3v) is 5.40. The average molecular weight is 422 g/mol. The van der Waals surface area contributed by atoms with Gasteiger partial charge in [0.2, 0.25) is 5.91 Å². The number of rotatable bonds is 7. The number of aromatic nitrogens is 3. The fourth-order valence-corrected chi connectivity index (χ4v) is 3.83. The van der Waals surface area contributed by atoms with Gasteiger partial charge in [-0.25, -0.2) is 4.68 Å². The van der Waals surface area contributed by atoms with Gasteiger partial charge in [0.25, 0.3) is 0 Å². The number of amides is 1. The Kier molecular flexibility index (Phi) is 6.59. The average Bonchev–Trinajstić information content (AvgIpc) is 3.20. The molecule has 1 atom stereocenters. The molecule has 162 valence electrons. The molecule has 1 aliphatic rings. The minimum atomic E-state index is -0.0626. The maximum atomic E-state index is 13.0. The van der Waals surface area contributed by atoms with Gasteiger partial charge in [0, 0.05) is 57.4 Å². The second kappa shape index (κ2) is 9.72. The van der Waals surface area contributed by atoms with Gasteiger partial charge < -0.3 is 14.4 Å². The van der Waals surface area contributed by atoms with Crippen LogP contribution in [0.4, 0.5) is 0 Å². The maximum Gasteiger partial charge on any atom is 0.237 e. The van der Waals surface area contributed by atoms with Crippen LogP contribution in [0.3, 0.4) is 0 Å². The second-order valence-electron chi connectivity index (χ2n) is 7.63. The number of para-hydroxylation sites is 2. The minimum absolute atomic E-state index is 0.0626. The Morgan fingerprint density at radius 1 is 1.03 bits per heavy atom. The van der Waals surface area contributed by atoms with E-state index in [2.05, 4.69) is 15.0 Å². The van der Waals surface area contributed by atoms with Crippen molar-refractivity contribution in [3.05, 3.63) is 72.3 Å². The molecule has 31 heavy (non-hydrogen) atoms. The van der Waals surface area contributed by atoms with Crippen molar-refractivity contribution in [3.8, 4) is 11.4 Å². The van der Waals surface area contributed by atoms with Crippen LogP contribution in [0.1, 0.15) is 11.1 Å². The minimum Gasteiger partial charge on any atom is -0.494 e. The van der Waals surface area contributed by atoms with E-state index in [0.29, 0.717) is 32.7 Å². The number of carbonyl (C=O) groups excluding carboxylic acids is 1. The third-order valence-electron chi connectivity index (χ3n) is 5.40. The van der Waals surface area contributed by atoms with Gasteiger partial charge in [0.05, 0.1) is 26.0 Å². The summed E-state index contributed by atoms with van der Waals surface area (Å²) < 4.78 is 12.9. The Bertz CT molecular complexity index is 1010. The van der Waals surface area contributed by atoms with Crippen molar-refractivity contribution in [2.75, 3.05) is 33.9 Å². The molecule has 1 aliphatic heterocycles. The van der Waals surface area contributed by atoms with Gasteiger partial charge in [-0.15, -0.1) is 0 Å². The van der Waals surface area contributed by atoms with Crippen LogP contribution in [-0.4, -0.2) is 70.4 Å². The first kappa shape index (κ1) is 21.0. The zero-order chi connectivity index (χ0) is 21.6. The van der Waals surface area contributed by atoms with E-state index in [1.807, 2.05) is 53.7 Å². The number of methoxy groups -OCH3 is 2. The predicted molar refractivity (Wildman–Crippen MR) is 116 cm³/mol. The Morgan fingerprint density at radius 3 is 2.68 bits per heavy atom. The van der Waals surface area contributed by atoms with Gasteiger partial charge >= 0.3 is 0 Å². The highest BCUT2D eigenvalue weighted by Gasteiger charge is 2.28. The van der Waals surface area contributed by atoms with Crippen LogP contribution < -0.4 is 4.74 Å². The van der Waals surface area contributed by atoms with Gasteiger partial charge in [-0.05, 0) is 23.8 Å². The molecule has 3 heterocycles. The fraction of sp³-hybridized carbons (Fsp3) is 0.348. The van der Waals surface area contributed by atoms with Gasteiger partial charge in [0.15, 0.2) is 0 Å². The van der Waals surface area contributed by atoms with Crippen LogP contribution in [0.25, 0.3) is 5.69 Å². The lowest BCUT2D eigenvalue weighted by Gasteiger charge is -2.23. The fourth-order valence-electron chi connectivity index (χ4n) is 3.83. The maximum absolute atomic E-state index is 13.0. The molecule has 1 unspecified atom stereocenters. The van der Waals surface area contributed by atoms with E-state index >= 15 is 0 Å². The van der Waals surface area contributed by atoms with Crippen LogP contribution in [0, 0.1) is 0 Å². The molecule has 0 saturated carbocycles. The molecular weight excluding hydrogens is 394 g/mol. The Labute approximate surface area is 182 Å². The summed E-state index contributed by atoms with van der Waals surface area (Å²) >= 11 is 0. The lowest BCUT2D eigenvalue weighted by Crippen LogP contribution is -2.37. The third kappa shape index (κ3) is 5.10. The lowest BCUT2D eigenvalue weighted by atomic mass is 10.2. The Balaban J connectivity index is 1.46. The normalized spacial score (nSPS) is 17.5. The molecule has 0 bridgehead atoms. The molecule has 0 aliphatic carbocycles. The number of carbonyl (C=O) groups is 1. The number of pyridine rings is 1. The first-order chi connectivity index (χ1) is 15.2. The molecule has 3 aromatic rings. The molecule has 1 saturated heterocycles. The lowest BCUT2D eigenvalue weighted by molar-refractivity contribution is -0.132. The highest BCUT2D eigenvalue weighted by atomic mass is 16.5. The van der Waals surface area contributed by atoms with E-state index in [4.69, 9.17) is 9.47 Å². The zero-order valence-electron chi connectivity index (χ0n) is 17.8. The molecule has 8 nitrogen and oxygen atoms in total. The summed E-state index contributed by atoms with van der Waals surface area (Å²) in [6, 6.07) is 11.6. The Morgan fingerprint density at radius 2 is 1.90 bits per heavy atom. The van der Waals surface area contributed by atoms with Crippen LogP contribution in [-0.2, 0) is 22.6 Å². The van der Waals surface area contributed by atoms with Crippen molar-refractivity contribution in [2.45, 2.75) is 19.2 Å². The number of nitrogens with zero attached hydrogens (tertiary/aromatic N) is 5. The quantitative estimate of drug-likeness (QED) is 0.582. The molecule has 1 aromatic carbocycles. The molecule has 2 aromatic heterocycles. The summed E-state index contributed by atoms with van der Waals surface area (Å²) in [7, 11) is 3.34. The van der Waals surface area contributed by atoms with Crippen molar-refractivity contribution < 1.29 is 14.3 Å². The molecule has 0 N–H and O–H groups in total. The van der Waals surface area contributed by atoms with Crippen molar-refractivity contribution in [2.24, 2.45) is 0 Å². The van der Waals surface area contributed by atoms with Gasteiger partial charge in [0.1, 0.15) is 11.4 Å². The highest BCUT2D eigenvalue weighted by Crippen LogP contribution is 2.22. The summed E-state index contributed by atoms with van der Waals surface area (Å²) in [6.07, 6.45) is 7.27. The van der Waals surface area contributed by atoms with Crippen molar-refractivity contribution in [1.29, 1.82) is 0 Å². The molecule has 0 spiro atoms. The molecule has 4 rings (SSSR count). The zero-order valence-corrected chi connectivity index (χ0v) is 17.8. The summed E-state index contributed by atoms with van der Waals surface area (Å²) in [5.74, 6) is 0.841. The van der Waals surface area contributed by atoms with Crippen LogP contribution in [0.15, 0.2) is 61.2 Å². The van der Waals surface area contributed by atoms with E-state index < -0.39 is 0 Å². The monoisotopic (exact) mass is 421 g/mol. The van der Waals surface area contributed by atoms with Crippen molar-refractivity contribution in [1.82, 2.24) is 24.6 Å².